The average Bonchev–Trinajstić information content (AvgIpc) is 2.78. The minimum absolute atomic E-state index is 0.539. The largest absolute Gasteiger partial charge is 0.385 e. The first-order chi connectivity index (χ1) is 10.7. The number of benzene rings is 2. The Bertz CT molecular complexity index is 635. The van der Waals surface area contributed by atoms with E-state index >= 15 is 0 Å². The van der Waals surface area contributed by atoms with E-state index in [9.17, 15) is 5.11 Å². The van der Waals surface area contributed by atoms with Crippen molar-refractivity contribution in [3.63, 3.8) is 0 Å². The maximum atomic E-state index is 11.2. The summed E-state index contributed by atoms with van der Waals surface area (Å²) in [6.07, 6.45) is 4.19. The van der Waals surface area contributed by atoms with E-state index in [0.717, 1.165) is 18.4 Å². The van der Waals surface area contributed by atoms with Crippen LogP contribution in [0, 0.1) is 0 Å². The summed E-state index contributed by atoms with van der Waals surface area (Å²) in [5.74, 6) is 0. The molecule has 0 radical (unpaired) electrons. The number of hydrogen-bond donors (Lipinski definition) is 1. The van der Waals surface area contributed by atoms with Gasteiger partial charge in [0.05, 0.1) is 5.60 Å². The first-order valence-corrected chi connectivity index (χ1v) is 8.26. The molecule has 2 unspecified atom stereocenters. The molecule has 2 heteroatoms. The number of piperidine rings is 1. The summed E-state index contributed by atoms with van der Waals surface area (Å²) in [4.78, 5) is 2.47. The van der Waals surface area contributed by atoms with Crippen LogP contribution in [0.25, 0.3) is 11.1 Å². The van der Waals surface area contributed by atoms with Gasteiger partial charge >= 0.3 is 0 Å². The second-order valence-corrected chi connectivity index (χ2v) is 6.93. The van der Waals surface area contributed by atoms with Gasteiger partial charge in [-0.05, 0) is 49.4 Å². The fourth-order valence-corrected chi connectivity index (χ4v) is 4.28. The standard InChI is InChI=1S/C20H23NO/c1-21-18-11-12-19(21)14-20(22,13-18)17-9-7-16(8-10-17)15-5-3-2-4-6-15/h2-10,18-19,22H,11-14H2,1H3. The lowest BCUT2D eigenvalue weighted by Gasteiger charge is -2.42. The van der Waals surface area contributed by atoms with Crippen molar-refractivity contribution in [3.8, 4) is 11.1 Å². The molecule has 2 atom stereocenters. The summed E-state index contributed by atoms with van der Waals surface area (Å²) in [5, 5.41) is 11.2. The molecule has 2 heterocycles. The summed E-state index contributed by atoms with van der Waals surface area (Å²) >= 11 is 0. The molecule has 0 spiro atoms. The molecule has 2 aromatic rings. The number of fused-ring (bicyclic) bond motifs is 2. The van der Waals surface area contributed by atoms with Crippen molar-refractivity contribution in [2.45, 2.75) is 43.4 Å². The Morgan fingerprint density at radius 3 is 2.00 bits per heavy atom. The highest BCUT2D eigenvalue weighted by atomic mass is 16.3. The van der Waals surface area contributed by atoms with Crippen molar-refractivity contribution in [2.75, 3.05) is 7.05 Å². The molecule has 2 fully saturated rings. The zero-order chi connectivity index (χ0) is 15.2. The second kappa shape index (κ2) is 5.22. The van der Waals surface area contributed by atoms with E-state index in [1.807, 2.05) is 6.07 Å². The van der Waals surface area contributed by atoms with Crippen LogP contribution in [-0.2, 0) is 5.60 Å². The molecule has 2 aliphatic heterocycles. The minimum Gasteiger partial charge on any atom is -0.385 e. The molecule has 0 saturated carbocycles. The van der Waals surface area contributed by atoms with Crippen LogP contribution in [0.4, 0.5) is 0 Å². The van der Waals surface area contributed by atoms with Gasteiger partial charge in [-0.15, -0.1) is 0 Å². The van der Waals surface area contributed by atoms with Crippen LogP contribution >= 0.6 is 0 Å². The van der Waals surface area contributed by atoms with Gasteiger partial charge < -0.3 is 10.0 Å². The molecule has 2 aliphatic rings. The highest BCUT2D eigenvalue weighted by molar-refractivity contribution is 5.63. The summed E-state index contributed by atoms with van der Waals surface area (Å²) in [7, 11) is 2.21. The Kier molecular flexibility index (Phi) is 3.32. The molecule has 2 bridgehead atoms. The summed E-state index contributed by atoms with van der Waals surface area (Å²) in [6, 6.07) is 20.0. The van der Waals surface area contributed by atoms with Crippen LogP contribution < -0.4 is 0 Å². The van der Waals surface area contributed by atoms with E-state index in [1.54, 1.807) is 0 Å². The van der Waals surface area contributed by atoms with Gasteiger partial charge in [-0.25, -0.2) is 0 Å². The van der Waals surface area contributed by atoms with Crippen molar-refractivity contribution in [1.29, 1.82) is 0 Å². The predicted octanol–water partition coefficient (Wildman–Crippen LogP) is 3.80. The smallest absolute Gasteiger partial charge is 0.0926 e. The van der Waals surface area contributed by atoms with Gasteiger partial charge in [-0.1, -0.05) is 54.6 Å². The number of hydrogen-bond acceptors (Lipinski definition) is 2. The van der Waals surface area contributed by atoms with E-state index in [2.05, 4.69) is 60.5 Å². The molecule has 1 N–H and O–H groups in total. The molecule has 22 heavy (non-hydrogen) atoms. The van der Waals surface area contributed by atoms with Crippen LogP contribution in [0.5, 0.6) is 0 Å². The molecule has 0 amide bonds. The molecule has 4 rings (SSSR count). The first-order valence-electron chi connectivity index (χ1n) is 8.26. The predicted molar refractivity (Wildman–Crippen MR) is 89.6 cm³/mol. The van der Waals surface area contributed by atoms with Gasteiger partial charge in [-0.3, -0.25) is 0 Å². The van der Waals surface area contributed by atoms with Gasteiger partial charge in [0, 0.05) is 12.1 Å². The Hall–Kier alpha value is -1.64. The van der Waals surface area contributed by atoms with Crippen LogP contribution in [0.2, 0.25) is 0 Å². The third-order valence-corrected chi connectivity index (χ3v) is 5.66. The third-order valence-electron chi connectivity index (χ3n) is 5.66. The Morgan fingerprint density at radius 1 is 0.864 bits per heavy atom. The van der Waals surface area contributed by atoms with Crippen molar-refractivity contribution in [1.82, 2.24) is 4.90 Å². The SMILES string of the molecule is CN1C2CCC1CC(O)(c1ccc(-c3ccccc3)cc1)C2. The van der Waals surface area contributed by atoms with Crippen molar-refractivity contribution < 1.29 is 5.11 Å². The highest BCUT2D eigenvalue weighted by Crippen LogP contribution is 2.45. The monoisotopic (exact) mass is 293 g/mol. The van der Waals surface area contributed by atoms with E-state index in [4.69, 9.17) is 0 Å². The lowest BCUT2D eigenvalue weighted by molar-refractivity contribution is -0.0493. The molecular weight excluding hydrogens is 270 g/mol. The third kappa shape index (κ3) is 2.27. The van der Waals surface area contributed by atoms with Crippen molar-refractivity contribution >= 4 is 0 Å². The topological polar surface area (TPSA) is 23.5 Å². The summed E-state index contributed by atoms with van der Waals surface area (Å²) < 4.78 is 0. The van der Waals surface area contributed by atoms with Gasteiger partial charge in [-0.2, -0.15) is 0 Å². The normalized spacial score (nSPS) is 31.4. The second-order valence-electron chi connectivity index (χ2n) is 6.93. The zero-order valence-electron chi connectivity index (χ0n) is 13.1. The number of rotatable bonds is 2. The summed E-state index contributed by atoms with van der Waals surface area (Å²) in [6.45, 7) is 0. The fraction of sp³-hybridized carbons (Fsp3) is 0.400. The molecule has 2 saturated heterocycles. The van der Waals surface area contributed by atoms with E-state index < -0.39 is 5.60 Å². The highest BCUT2D eigenvalue weighted by Gasteiger charge is 2.46. The average molecular weight is 293 g/mol. The molecular formula is C20H23NO. The zero-order valence-corrected chi connectivity index (χ0v) is 13.1. The first kappa shape index (κ1) is 14.0. The van der Waals surface area contributed by atoms with Gasteiger partial charge in [0.25, 0.3) is 0 Å². The van der Waals surface area contributed by atoms with Crippen LogP contribution in [-0.4, -0.2) is 29.1 Å². The lowest BCUT2D eigenvalue weighted by Crippen LogP contribution is -2.47. The van der Waals surface area contributed by atoms with Gasteiger partial charge in [0.15, 0.2) is 0 Å². The van der Waals surface area contributed by atoms with Crippen LogP contribution in [0.15, 0.2) is 54.6 Å². The van der Waals surface area contributed by atoms with Gasteiger partial charge in [0.1, 0.15) is 0 Å². The molecule has 2 aromatic carbocycles. The molecule has 2 nitrogen and oxygen atoms in total. The van der Waals surface area contributed by atoms with Crippen molar-refractivity contribution in [3.05, 3.63) is 60.2 Å². The van der Waals surface area contributed by atoms with Gasteiger partial charge in [0.2, 0.25) is 0 Å². The van der Waals surface area contributed by atoms with Crippen LogP contribution in [0.3, 0.4) is 0 Å². The Balaban J connectivity index is 1.61. The molecule has 0 aromatic heterocycles. The Morgan fingerprint density at radius 2 is 1.41 bits per heavy atom. The fourth-order valence-electron chi connectivity index (χ4n) is 4.28. The van der Waals surface area contributed by atoms with E-state index in [-0.39, 0.29) is 0 Å². The number of aliphatic hydroxyl groups is 1. The quantitative estimate of drug-likeness (QED) is 0.910. The maximum absolute atomic E-state index is 11.2. The maximum Gasteiger partial charge on any atom is 0.0926 e. The van der Waals surface area contributed by atoms with E-state index in [0.29, 0.717) is 12.1 Å². The van der Waals surface area contributed by atoms with Crippen molar-refractivity contribution in [2.24, 2.45) is 0 Å². The minimum atomic E-state index is -0.645. The number of nitrogens with zero attached hydrogens (tertiary/aromatic N) is 1. The van der Waals surface area contributed by atoms with E-state index in [1.165, 1.54) is 24.0 Å². The molecule has 0 aliphatic carbocycles. The molecule has 114 valence electrons. The van der Waals surface area contributed by atoms with Crippen LogP contribution in [0.1, 0.15) is 31.2 Å². The lowest BCUT2D eigenvalue weighted by atomic mass is 9.80. The summed E-state index contributed by atoms with van der Waals surface area (Å²) in [5.41, 5.74) is 2.87. The Labute approximate surface area is 132 Å².